The summed E-state index contributed by atoms with van der Waals surface area (Å²) in [5.74, 6) is -0.560. The van der Waals surface area contributed by atoms with Crippen LogP contribution in [0.25, 0.3) is 6.08 Å². The van der Waals surface area contributed by atoms with Crippen molar-refractivity contribution in [3.8, 4) is 11.5 Å². The van der Waals surface area contributed by atoms with Crippen molar-refractivity contribution in [2.75, 3.05) is 13.2 Å². The fraction of sp³-hybridized carbons (Fsp3) is 0.353. The van der Waals surface area contributed by atoms with E-state index in [0.29, 0.717) is 31.6 Å². The highest BCUT2D eigenvalue weighted by atomic mass is 79.9. The minimum Gasteiger partial charge on any atom is -0.503 e. The van der Waals surface area contributed by atoms with E-state index in [-0.39, 0.29) is 18.3 Å². The van der Waals surface area contributed by atoms with Gasteiger partial charge in [0.2, 0.25) is 0 Å². The van der Waals surface area contributed by atoms with Crippen molar-refractivity contribution >= 4 is 62.2 Å². The van der Waals surface area contributed by atoms with E-state index >= 15 is 0 Å². The van der Waals surface area contributed by atoms with Crippen molar-refractivity contribution in [3.63, 3.8) is 0 Å². The van der Waals surface area contributed by atoms with Crippen molar-refractivity contribution in [3.05, 3.63) is 27.1 Å². The van der Waals surface area contributed by atoms with Gasteiger partial charge in [-0.3, -0.25) is 9.69 Å². The number of thiocarbonyl (C=S) groups is 1. The van der Waals surface area contributed by atoms with Gasteiger partial charge in [-0.25, -0.2) is 4.79 Å². The number of benzene rings is 1. The van der Waals surface area contributed by atoms with Crippen LogP contribution >= 0.6 is 39.9 Å². The van der Waals surface area contributed by atoms with Gasteiger partial charge >= 0.3 is 5.97 Å². The third kappa shape index (κ3) is 4.39. The van der Waals surface area contributed by atoms with Crippen LogP contribution in [0.4, 0.5) is 0 Å². The monoisotopic (exact) mass is 459 g/mol. The highest BCUT2D eigenvalue weighted by Gasteiger charge is 2.38. The van der Waals surface area contributed by atoms with E-state index in [1.165, 1.54) is 4.90 Å². The number of carbonyl (C=O) groups is 2. The molecule has 1 fully saturated rings. The number of hydrogen-bond acceptors (Lipinski definition) is 7. The number of aromatic hydroxyl groups is 1. The summed E-state index contributed by atoms with van der Waals surface area (Å²) in [5.41, 5.74) is 0.655. The zero-order valence-electron chi connectivity index (χ0n) is 14.4. The van der Waals surface area contributed by atoms with E-state index in [2.05, 4.69) is 15.9 Å². The van der Waals surface area contributed by atoms with Crippen LogP contribution in [0.15, 0.2) is 21.5 Å². The number of phenolic OH excluding ortho intramolecular Hbond substituents is 1. The largest absolute Gasteiger partial charge is 0.503 e. The molecule has 140 valence electrons. The Bertz CT molecular complexity index is 781. The quantitative estimate of drug-likeness (QED) is 0.394. The molecule has 26 heavy (non-hydrogen) atoms. The normalized spacial score (nSPS) is 16.9. The molecule has 1 aliphatic rings. The van der Waals surface area contributed by atoms with Gasteiger partial charge < -0.3 is 14.6 Å². The van der Waals surface area contributed by atoms with Crippen LogP contribution in [-0.2, 0) is 14.3 Å². The molecule has 1 aliphatic heterocycles. The number of esters is 1. The first-order chi connectivity index (χ1) is 12.3. The number of amides is 1. The van der Waals surface area contributed by atoms with Gasteiger partial charge in [0, 0.05) is 0 Å². The minimum absolute atomic E-state index is 0.00696. The molecule has 9 heteroatoms. The van der Waals surface area contributed by atoms with Gasteiger partial charge in [0.1, 0.15) is 10.4 Å². The van der Waals surface area contributed by atoms with Crippen LogP contribution in [0.1, 0.15) is 26.3 Å². The van der Waals surface area contributed by atoms with Crippen LogP contribution in [-0.4, -0.2) is 45.5 Å². The molecule has 1 N–H and O–H groups in total. The van der Waals surface area contributed by atoms with Crippen molar-refractivity contribution in [2.24, 2.45) is 0 Å². The predicted octanol–water partition coefficient (Wildman–Crippen LogP) is 3.71. The van der Waals surface area contributed by atoms with Crippen LogP contribution in [0.5, 0.6) is 11.5 Å². The lowest BCUT2D eigenvalue weighted by Gasteiger charge is -2.21. The Hall–Kier alpha value is -1.58. The molecular formula is C17H18BrNO5S2. The number of halogens is 1. The van der Waals surface area contributed by atoms with E-state index in [1.54, 1.807) is 32.1 Å². The third-order valence-corrected chi connectivity index (χ3v) is 5.42. The fourth-order valence-electron chi connectivity index (χ4n) is 2.28. The van der Waals surface area contributed by atoms with Crippen LogP contribution in [0.2, 0.25) is 0 Å². The summed E-state index contributed by atoms with van der Waals surface area (Å²) < 4.78 is 11.1. The number of nitrogens with zero attached hydrogens (tertiary/aromatic N) is 1. The molecule has 1 atom stereocenters. The zero-order chi connectivity index (χ0) is 19.4. The van der Waals surface area contributed by atoms with Gasteiger partial charge in [-0.1, -0.05) is 24.0 Å². The molecule has 0 radical (unpaired) electrons. The van der Waals surface area contributed by atoms with Crippen LogP contribution < -0.4 is 4.74 Å². The molecule has 1 aromatic carbocycles. The summed E-state index contributed by atoms with van der Waals surface area (Å²) in [5, 5.41) is 9.99. The molecule has 1 amide bonds. The highest BCUT2D eigenvalue weighted by Crippen LogP contribution is 2.38. The number of phenols is 1. The average Bonchev–Trinajstić information content (AvgIpc) is 2.85. The summed E-state index contributed by atoms with van der Waals surface area (Å²) in [4.78, 5) is 26.2. The summed E-state index contributed by atoms with van der Waals surface area (Å²) >= 11 is 9.63. The Morgan fingerprint density at radius 2 is 2.12 bits per heavy atom. The smallest absolute Gasteiger partial charge is 0.329 e. The molecule has 1 saturated heterocycles. The van der Waals surface area contributed by atoms with E-state index in [9.17, 15) is 14.7 Å². The van der Waals surface area contributed by atoms with Gasteiger partial charge in [-0.15, -0.1) is 0 Å². The number of rotatable bonds is 6. The van der Waals surface area contributed by atoms with Crippen LogP contribution in [0, 0.1) is 0 Å². The van der Waals surface area contributed by atoms with Gasteiger partial charge in [0.25, 0.3) is 5.91 Å². The topological polar surface area (TPSA) is 76.1 Å². The van der Waals surface area contributed by atoms with E-state index in [1.807, 2.05) is 6.92 Å². The fourth-order valence-corrected chi connectivity index (χ4v) is 4.15. The van der Waals surface area contributed by atoms with E-state index < -0.39 is 12.0 Å². The van der Waals surface area contributed by atoms with Crippen molar-refractivity contribution in [1.82, 2.24) is 4.90 Å². The Kier molecular flexibility index (Phi) is 7.08. The molecule has 1 aromatic rings. The summed E-state index contributed by atoms with van der Waals surface area (Å²) in [7, 11) is 0. The summed E-state index contributed by atoms with van der Waals surface area (Å²) in [6.07, 6.45) is 1.64. The molecule has 6 nitrogen and oxygen atoms in total. The van der Waals surface area contributed by atoms with Gasteiger partial charge in [-0.2, -0.15) is 0 Å². The second-order valence-electron chi connectivity index (χ2n) is 5.26. The molecule has 0 aromatic heterocycles. The second-order valence-corrected chi connectivity index (χ2v) is 7.79. The summed E-state index contributed by atoms with van der Waals surface area (Å²) in [6, 6.07) is 2.50. The average molecular weight is 460 g/mol. The SMILES string of the molecule is CCOC(=O)C(C)N1C(=O)/C(=C/c2cc(Br)c(O)c(OCC)c2)SC1=S. The molecular weight excluding hydrogens is 442 g/mol. The molecule has 0 bridgehead atoms. The molecule has 1 heterocycles. The molecule has 0 aliphatic carbocycles. The Labute approximate surface area is 169 Å². The lowest BCUT2D eigenvalue weighted by atomic mass is 10.1. The van der Waals surface area contributed by atoms with E-state index in [4.69, 9.17) is 21.7 Å². The number of carbonyl (C=O) groups excluding carboxylic acids is 2. The predicted molar refractivity (Wildman–Crippen MR) is 108 cm³/mol. The maximum absolute atomic E-state index is 12.7. The number of ether oxygens (including phenoxy) is 2. The first-order valence-electron chi connectivity index (χ1n) is 7.89. The summed E-state index contributed by atoms with van der Waals surface area (Å²) in [6.45, 7) is 5.71. The van der Waals surface area contributed by atoms with Crippen molar-refractivity contribution in [2.45, 2.75) is 26.8 Å². The van der Waals surface area contributed by atoms with Gasteiger partial charge in [-0.05, 0) is 60.5 Å². The third-order valence-electron chi connectivity index (χ3n) is 3.49. The molecule has 1 unspecified atom stereocenters. The Morgan fingerprint density at radius 1 is 1.42 bits per heavy atom. The lowest BCUT2D eigenvalue weighted by molar-refractivity contribution is -0.149. The molecule has 0 saturated carbocycles. The van der Waals surface area contributed by atoms with E-state index in [0.717, 1.165) is 11.8 Å². The maximum Gasteiger partial charge on any atom is 0.329 e. The first kappa shape index (κ1) is 20.7. The molecule has 2 rings (SSSR count). The zero-order valence-corrected chi connectivity index (χ0v) is 17.7. The Morgan fingerprint density at radius 3 is 2.73 bits per heavy atom. The number of hydrogen-bond donors (Lipinski definition) is 1. The maximum atomic E-state index is 12.7. The lowest BCUT2D eigenvalue weighted by Crippen LogP contribution is -2.42. The van der Waals surface area contributed by atoms with Crippen molar-refractivity contribution in [1.29, 1.82) is 0 Å². The first-order valence-corrected chi connectivity index (χ1v) is 9.90. The number of thioether (sulfide) groups is 1. The van der Waals surface area contributed by atoms with Crippen molar-refractivity contribution < 1.29 is 24.2 Å². The standard InChI is InChI=1S/C17H18BrNO5S2/c1-4-23-12-7-10(6-11(18)14(12)20)8-13-15(21)19(17(25)26-13)9(3)16(22)24-5-2/h6-9,20H,4-5H2,1-3H3/b13-8-. The molecule has 0 spiro atoms. The Balaban J connectivity index is 2.31. The second kappa shape index (κ2) is 8.88. The highest BCUT2D eigenvalue weighted by molar-refractivity contribution is 9.10. The van der Waals surface area contributed by atoms with Gasteiger partial charge in [0.05, 0.1) is 22.6 Å². The minimum atomic E-state index is -0.793. The van der Waals surface area contributed by atoms with Gasteiger partial charge in [0.15, 0.2) is 11.5 Å². The van der Waals surface area contributed by atoms with Crippen LogP contribution in [0.3, 0.4) is 0 Å².